The second-order valence-electron chi connectivity index (χ2n) is 9.05. The van der Waals surface area contributed by atoms with Crippen molar-refractivity contribution in [2.45, 2.75) is 45.1 Å². The number of amides is 2. The molecule has 1 unspecified atom stereocenters. The lowest BCUT2D eigenvalue weighted by Crippen LogP contribution is -2.52. The van der Waals surface area contributed by atoms with E-state index in [4.69, 9.17) is 0 Å². The number of benzene rings is 3. The molecule has 0 saturated heterocycles. The Morgan fingerprint density at radius 2 is 1.43 bits per heavy atom. The zero-order valence-electron chi connectivity index (χ0n) is 21.8. The number of carbonyl (C=O) groups is 2. The summed E-state index contributed by atoms with van der Waals surface area (Å²) < 4.78 is 28.6. The van der Waals surface area contributed by atoms with Gasteiger partial charge >= 0.3 is 0 Å². The quantitative estimate of drug-likeness (QED) is 0.412. The first-order valence-electron chi connectivity index (χ1n) is 12.4. The summed E-state index contributed by atoms with van der Waals surface area (Å²) in [6.07, 6.45) is 0.533. The van der Waals surface area contributed by atoms with E-state index in [2.05, 4.69) is 5.32 Å². The van der Waals surface area contributed by atoms with E-state index in [1.807, 2.05) is 63.2 Å². The SMILES string of the molecule is CCNC(=O)C(C)N(CCc1ccccc1)C(=O)CN(c1ccc(C)cc1)S(=O)(=O)c1ccc(C)cc1. The Morgan fingerprint density at radius 3 is 2.00 bits per heavy atom. The summed E-state index contributed by atoms with van der Waals surface area (Å²) in [6.45, 7) is 7.54. The van der Waals surface area contributed by atoms with Crippen LogP contribution >= 0.6 is 0 Å². The van der Waals surface area contributed by atoms with Gasteiger partial charge in [0, 0.05) is 13.1 Å². The van der Waals surface area contributed by atoms with E-state index in [0.29, 0.717) is 18.7 Å². The lowest BCUT2D eigenvalue weighted by molar-refractivity contribution is -0.138. The van der Waals surface area contributed by atoms with Gasteiger partial charge in [0.1, 0.15) is 12.6 Å². The zero-order chi connectivity index (χ0) is 27.0. The molecule has 7 nitrogen and oxygen atoms in total. The van der Waals surface area contributed by atoms with E-state index in [1.165, 1.54) is 4.90 Å². The van der Waals surface area contributed by atoms with Crippen molar-refractivity contribution < 1.29 is 18.0 Å². The molecule has 8 heteroatoms. The molecule has 0 spiro atoms. The number of anilines is 1. The van der Waals surface area contributed by atoms with Crippen LogP contribution in [0.1, 0.15) is 30.5 Å². The minimum absolute atomic E-state index is 0.0964. The largest absolute Gasteiger partial charge is 0.355 e. The molecule has 3 rings (SSSR count). The second-order valence-corrected chi connectivity index (χ2v) is 10.9. The maximum atomic E-state index is 13.7. The Hall–Kier alpha value is -3.65. The summed E-state index contributed by atoms with van der Waals surface area (Å²) in [6, 6.07) is 22.4. The fraction of sp³-hybridized carbons (Fsp3) is 0.310. The van der Waals surface area contributed by atoms with Crippen LogP contribution in [0.5, 0.6) is 0 Å². The van der Waals surface area contributed by atoms with Crippen LogP contribution in [0, 0.1) is 13.8 Å². The maximum absolute atomic E-state index is 13.7. The first-order valence-corrected chi connectivity index (χ1v) is 13.8. The van der Waals surface area contributed by atoms with Gasteiger partial charge in [-0.05, 0) is 63.9 Å². The fourth-order valence-electron chi connectivity index (χ4n) is 3.97. The molecule has 0 saturated carbocycles. The normalized spacial score (nSPS) is 12.0. The van der Waals surface area contributed by atoms with Crippen molar-refractivity contribution in [2.75, 3.05) is 23.9 Å². The van der Waals surface area contributed by atoms with Crippen LogP contribution in [0.15, 0.2) is 83.8 Å². The van der Waals surface area contributed by atoms with Crippen molar-refractivity contribution in [1.82, 2.24) is 10.2 Å². The molecule has 0 aliphatic carbocycles. The number of carbonyl (C=O) groups excluding carboxylic acids is 2. The molecule has 0 aliphatic rings. The Morgan fingerprint density at radius 1 is 0.865 bits per heavy atom. The number of likely N-dealkylation sites (N-methyl/N-ethyl adjacent to an activating group) is 1. The molecule has 2 amide bonds. The molecule has 1 N–H and O–H groups in total. The highest BCUT2D eigenvalue weighted by Gasteiger charge is 2.32. The van der Waals surface area contributed by atoms with Crippen LogP contribution in [0.2, 0.25) is 0 Å². The number of sulfonamides is 1. The predicted molar refractivity (Wildman–Crippen MR) is 147 cm³/mol. The molecule has 0 bridgehead atoms. The maximum Gasteiger partial charge on any atom is 0.264 e. The van der Waals surface area contributed by atoms with Crippen LogP contribution in [0.4, 0.5) is 5.69 Å². The van der Waals surface area contributed by atoms with E-state index >= 15 is 0 Å². The molecule has 0 aromatic heterocycles. The first kappa shape index (κ1) is 27.9. The third-order valence-corrected chi connectivity index (χ3v) is 8.00. The Balaban J connectivity index is 1.96. The van der Waals surface area contributed by atoms with Gasteiger partial charge in [-0.1, -0.05) is 65.7 Å². The fourth-order valence-corrected chi connectivity index (χ4v) is 5.38. The van der Waals surface area contributed by atoms with Crippen molar-refractivity contribution >= 4 is 27.5 Å². The van der Waals surface area contributed by atoms with Gasteiger partial charge in [-0.3, -0.25) is 13.9 Å². The van der Waals surface area contributed by atoms with Gasteiger partial charge in [0.25, 0.3) is 10.0 Å². The van der Waals surface area contributed by atoms with Crippen LogP contribution in [-0.2, 0) is 26.0 Å². The number of rotatable bonds is 11. The number of nitrogens with one attached hydrogen (secondary N) is 1. The minimum atomic E-state index is -4.05. The summed E-state index contributed by atoms with van der Waals surface area (Å²) in [5.74, 6) is -0.738. The van der Waals surface area contributed by atoms with E-state index in [0.717, 1.165) is 21.0 Å². The molecule has 0 radical (unpaired) electrons. The summed E-state index contributed by atoms with van der Waals surface area (Å²) in [4.78, 5) is 28.0. The number of hydrogen-bond donors (Lipinski definition) is 1. The minimum Gasteiger partial charge on any atom is -0.355 e. The molecule has 3 aromatic carbocycles. The highest BCUT2D eigenvalue weighted by molar-refractivity contribution is 7.92. The van der Waals surface area contributed by atoms with Crippen molar-refractivity contribution in [3.05, 3.63) is 95.6 Å². The predicted octanol–water partition coefficient (Wildman–Crippen LogP) is 4.09. The highest BCUT2D eigenvalue weighted by atomic mass is 32.2. The van der Waals surface area contributed by atoms with Crippen LogP contribution in [0.25, 0.3) is 0 Å². The molecular formula is C29H35N3O4S. The number of aryl methyl sites for hydroxylation is 2. The molecule has 3 aromatic rings. The van der Waals surface area contributed by atoms with Gasteiger partial charge in [0.2, 0.25) is 11.8 Å². The van der Waals surface area contributed by atoms with E-state index in [9.17, 15) is 18.0 Å². The summed E-state index contributed by atoms with van der Waals surface area (Å²) in [5.41, 5.74) is 3.30. The zero-order valence-corrected chi connectivity index (χ0v) is 22.7. The Labute approximate surface area is 220 Å². The third-order valence-electron chi connectivity index (χ3n) is 6.21. The van der Waals surface area contributed by atoms with Gasteiger partial charge in [-0.25, -0.2) is 8.42 Å². The van der Waals surface area contributed by atoms with Gasteiger partial charge in [-0.15, -0.1) is 0 Å². The number of nitrogens with zero attached hydrogens (tertiary/aromatic N) is 2. The topological polar surface area (TPSA) is 86.8 Å². The average Bonchev–Trinajstić information content (AvgIpc) is 2.89. The van der Waals surface area contributed by atoms with E-state index < -0.39 is 28.5 Å². The highest BCUT2D eigenvalue weighted by Crippen LogP contribution is 2.25. The lowest BCUT2D eigenvalue weighted by Gasteiger charge is -2.32. The summed E-state index contributed by atoms with van der Waals surface area (Å²) in [7, 11) is -4.05. The van der Waals surface area contributed by atoms with Crippen molar-refractivity contribution in [1.29, 1.82) is 0 Å². The molecule has 0 aliphatic heterocycles. The molecular weight excluding hydrogens is 486 g/mol. The van der Waals surface area contributed by atoms with Crippen LogP contribution in [0.3, 0.4) is 0 Å². The Kier molecular flexibility index (Phi) is 9.47. The smallest absolute Gasteiger partial charge is 0.264 e. The van der Waals surface area contributed by atoms with E-state index in [-0.39, 0.29) is 17.3 Å². The number of hydrogen-bond acceptors (Lipinski definition) is 4. The van der Waals surface area contributed by atoms with Crippen molar-refractivity contribution in [2.24, 2.45) is 0 Å². The standard InChI is InChI=1S/C29H35N3O4S/c1-5-30-29(34)24(4)31(20-19-25-9-7-6-8-10-25)28(33)21-32(26-15-11-22(2)12-16-26)37(35,36)27-17-13-23(3)14-18-27/h6-18,24H,5,19-21H2,1-4H3,(H,30,34). The Bertz CT molecular complexity index is 1290. The van der Waals surface area contributed by atoms with Crippen molar-refractivity contribution in [3.63, 3.8) is 0 Å². The second kappa shape index (κ2) is 12.5. The average molecular weight is 522 g/mol. The monoisotopic (exact) mass is 521 g/mol. The van der Waals surface area contributed by atoms with E-state index in [1.54, 1.807) is 43.3 Å². The van der Waals surface area contributed by atoms with Crippen LogP contribution in [-0.4, -0.2) is 50.8 Å². The third kappa shape index (κ3) is 7.20. The van der Waals surface area contributed by atoms with Gasteiger partial charge in [0.05, 0.1) is 10.6 Å². The van der Waals surface area contributed by atoms with Gasteiger partial charge in [0.15, 0.2) is 0 Å². The molecule has 37 heavy (non-hydrogen) atoms. The first-order chi connectivity index (χ1) is 17.6. The van der Waals surface area contributed by atoms with Crippen molar-refractivity contribution in [3.8, 4) is 0 Å². The van der Waals surface area contributed by atoms with Gasteiger partial charge in [-0.2, -0.15) is 0 Å². The molecule has 1 atom stereocenters. The molecule has 0 fully saturated rings. The lowest BCUT2D eigenvalue weighted by atomic mass is 10.1. The summed E-state index contributed by atoms with van der Waals surface area (Å²) in [5, 5.41) is 2.77. The molecule has 0 heterocycles. The van der Waals surface area contributed by atoms with Crippen LogP contribution < -0.4 is 9.62 Å². The van der Waals surface area contributed by atoms with Gasteiger partial charge < -0.3 is 10.2 Å². The molecule has 196 valence electrons. The summed E-state index contributed by atoms with van der Waals surface area (Å²) >= 11 is 0.